The lowest BCUT2D eigenvalue weighted by atomic mass is 9.94. The second kappa shape index (κ2) is 7.33. The van der Waals surface area contributed by atoms with Crippen LogP contribution in [0.15, 0.2) is 66.1 Å². The fourth-order valence-electron chi connectivity index (χ4n) is 3.48. The van der Waals surface area contributed by atoms with Crippen molar-refractivity contribution in [3.63, 3.8) is 0 Å². The highest BCUT2D eigenvalue weighted by molar-refractivity contribution is 7.89. The van der Waals surface area contributed by atoms with Crippen molar-refractivity contribution in [2.45, 2.75) is 17.0 Å². The summed E-state index contributed by atoms with van der Waals surface area (Å²) >= 11 is 0. The van der Waals surface area contributed by atoms with Gasteiger partial charge in [0.15, 0.2) is 5.03 Å². The fourth-order valence-corrected chi connectivity index (χ4v) is 4.94. The molecule has 146 valence electrons. The van der Waals surface area contributed by atoms with Crippen LogP contribution in [0, 0.1) is 5.95 Å². The van der Waals surface area contributed by atoms with Crippen molar-refractivity contribution < 1.29 is 12.8 Å². The Hall–Kier alpha value is -2.78. The standard InChI is InChI=1S/C19H20FN5O2S/c1-24-12-19(21-13-24)28(26,27)25-10-15(14-6-3-2-4-7-14)16(11-25)22-18-9-5-8-17(20)23-18/h2-9,12-13,15-16H,10-11H2,1H3,(H,22,23)/t15-,16+/m1/s1. The molecule has 3 heterocycles. The molecule has 0 radical (unpaired) electrons. The molecule has 0 spiro atoms. The number of aromatic nitrogens is 3. The SMILES string of the molecule is Cn1cnc(S(=O)(=O)N2C[C@H](Nc3cccc(F)n3)[C@@H](c3ccccc3)C2)c1. The predicted octanol–water partition coefficient (Wildman–Crippen LogP) is 2.22. The molecule has 3 aromatic rings. The van der Waals surface area contributed by atoms with Gasteiger partial charge in [0.1, 0.15) is 5.82 Å². The molecule has 0 saturated carbocycles. The number of halogens is 1. The number of sulfonamides is 1. The zero-order valence-corrected chi connectivity index (χ0v) is 16.1. The van der Waals surface area contributed by atoms with Crippen molar-refractivity contribution in [3.05, 3.63) is 72.6 Å². The topological polar surface area (TPSA) is 80.1 Å². The van der Waals surface area contributed by atoms with Crippen molar-refractivity contribution in [2.75, 3.05) is 18.4 Å². The molecule has 0 aliphatic carbocycles. The molecule has 2 atom stereocenters. The molecular formula is C19H20FN5O2S. The summed E-state index contributed by atoms with van der Waals surface area (Å²) in [6.45, 7) is 0.534. The lowest BCUT2D eigenvalue weighted by molar-refractivity contribution is 0.468. The van der Waals surface area contributed by atoms with Crippen LogP contribution in [0.25, 0.3) is 0 Å². The Balaban J connectivity index is 1.65. The van der Waals surface area contributed by atoms with Gasteiger partial charge in [-0.1, -0.05) is 36.4 Å². The van der Waals surface area contributed by atoms with Gasteiger partial charge in [0.25, 0.3) is 10.0 Å². The van der Waals surface area contributed by atoms with Crippen LogP contribution < -0.4 is 5.32 Å². The molecule has 0 unspecified atom stereocenters. The third-order valence-electron chi connectivity index (χ3n) is 4.85. The van der Waals surface area contributed by atoms with Crippen LogP contribution >= 0.6 is 0 Å². The molecule has 1 aromatic carbocycles. The summed E-state index contributed by atoms with van der Waals surface area (Å²) in [5, 5.41) is 3.23. The minimum atomic E-state index is -3.73. The van der Waals surface area contributed by atoms with Crippen molar-refractivity contribution in [1.82, 2.24) is 18.8 Å². The molecule has 1 saturated heterocycles. The van der Waals surface area contributed by atoms with E-state index >= 15 is 0 Å². The van der Waals surface area contributed by atoms with E-state index in [2.05, 4.69) is 15.3 Å². The number of hydrogen-bond donors (Lipinski definition) is 1. The van der Waals surface area contributed by atoms with Gasteiger partial charge in [-0.2, -0.15) is 8.70 Å². The van der Waals surface area contributed by atoms with Gasteiger partial charge < -0.3 is 9.88 Å². The summed E-state index contributed by atoms with van der Waals surface area (Å²) in [6.07, 6.45) is 2.95. The summed E-state index contributed by atoms with van der Waals surface area (Å²) in [5.41, 5.74) is 1.01. The van der Waals surface area contributed by atoms with E-state index in [9.17, 15) is 12.8 Å². The van der Waals surface area contributed by atoms with E-state index < -0.39 is 16.0 Å². The first-order valence-electron chi connectivity index (χ1n) is 8.85. The number of benzene rings is 1. The average Bonchev–Trinajstić information content (AvgIpc) is 3.30. The lowest BCUT2D eigenvalue weighted by Gasteiger charge is -2.20. The molecule has 4 rings (SSSR count). The second-order valence-electron chi connectivity index (χ2n) is 6.81. The van der Waals surface area contributed by atoms with Gasteiger partial charge in [-0.25, -0.2) is 18.4 Å². The van der Waals surface area contributed by atoms with E-state index in [-0.39, 0.29) is 23.5 Å². The summed E-state index contributed by atoms with van der Waals surface area (Å²) in [7, 11) is -2.00. The molecule has 0 bridgehead atoms. The molecule has 28 heavy (non-hydrogen) atoms. The number of rotatable bonds is 5. The van der Waals surface area contributed by atoms with E-state index in [0.29, 0.717) is 12.4 Å². The maximum atomic E-state index is 13.5. The van der Waals surface area contributed by atoms with Crippen LogP contribution in [0.3, 0.4) is 0 Å². The van der Waals surface area contributed by atoms with Crippen molar-refractivity contribution in [1.29, 1.82) is 0 Å². The first-order valence-corrected chi connectivity index (χ1v) is 10.3. The third kappa shape index (κ3) is 3.63. The largest absolute Gasteiger partial charge is 0.365 e. The Morgan fingerprint density at radius 3 is 2.57 bits per heavy atom. The summed E-state index contributed by atoms with van der Waals surface area (Å²) in [5.74, 6) is -0.315. The van der Waals surface area contributed by atoms with Gasteiger partial charge in [-0.3, -0.25) is 0 Å². The Bertz CT molecular complexity index is 1070. The lowest BCUT2D eigenvalue weighted by Crippen LogP contribution is -2.32. The number of hydrogen-bond acceptors (Lipinski definition) is 5. The smallest absolute Gasteiger partial charge is 0.262 e. The molecule has 1 N–H and O–H groups in total. The second-order valence-corrected chi connectivity index (χ2v) is 8.70. The molecule has 9 heteroatoms. The Kier molecular flexibility index (Phi) is 4.86. The van der Waals surface area contributed by atoms with Crippen molar-refractivity contribution >= 4 is 15.8 Å². The highest BCUT2D eigenvalue weighted by Gasteiger charge is 2.41. The van der Waals surface area contributed by atoms with Gasteiger partial charge in [0, 0.05) is 38.3 Å². The van der Waals surface area contributed by atoms with Gasteiger partial charge in [0.2, 0.25) is 5.95 Å². The van der Waals surface area contributed by atoms with Crippen LogP contribution in [0.1, 0.15) is 11.5 Å². The third-order valence-corrected chi connectivity index (χ3v) is 6.57. The summed E-state index contributed by atoms with van der Waals surface area (Å²) in [4.78, 5) is 7.85. The predicted molar refractivity (Wildman–Crippen MR) is 103 cm³/mol. The number of anilines is 1. The molecule has 2 aromatic heterocycles. The Morgan fingerprint density at radius 2 is 1.89 bits per heavy atom. The normalized spacial score (nSPS) is 20.4. The molecule has 0 amide bonds. The zero-order valence-electron chi connectivity index (χ0n) is 15.2. The monoisotopic (exact) mass is 401 g/mol. The zero-order chi connectivity index (χ0) is 19.7. The van der Waals surface area contributed by atoms with E-state index in [1.54, 1.807) is 23.7 Å². The number of imidazole rings is 1. The molecule has 1 aliphatic rings. The van der Waals surface area contributed by atoms with Crippen LogP contribution in [-0.4, -0.2) is 46.4 Å². The quantitative estimate of drug-likeness (QED) is 0.663. The van der Waals surface area contributed by atoms with Crippen LogP contribution in [-0.2, 0) is 17.1 Å². The summed E-state index contributed by atoms with van der Waals surface area (Å²) in [6, 6.07) is 13.9. The number of nitrogens with one attached hydrogen (secondary N) is 1. The van der Waals surface area contributed by atoms with E-state index in [4.69, 9.17) is 0 Å². The first-order chi connectivity index (χ1) is 13.4. The maximum Gasteiger partial charge on any atom is 0.262 e. The minimum absolute atomic E-state index is 0.0198. The fraction of sp³-hybridized carbons (Fsp3) is 0.263. The van der Waals surface area contributed by atoms with Gasteiger partial charge in [0.05, 0.1) is 6.33 Å². The Labute approximate surface area is 162 Å². The molecule has 7 nitrogen and oxygen atoms in total. The highest BCUT2D eigenvalue weighted by atomic mass is 32.2. The average molecular weight is 401 g/mol. The van der Waals surface area contributed by atoms with Crippen LogP contribution in [0.4, 0.5) is 10.2 Å². The summed E-state index contributed by atoms with van der Waals surface area (Å²) < 4.78 is 42.6. The number of nitrogens with zero attached hydrogens (tertiary/aromatic N) is 4. The number of pyridine rings is 1. The van der Waals surface area contributed by atoms with Gasteiger partial charge in [-0.15, -0.1) is 0 Å². The number of aryl methyl sites for hydroxylation is 1. The van der Waals surface area contributed by atoms with Crippen molar-refractivity contribution in [3.8, 4) is 0 Å². The molecular weight excluding hydrogens is 381 g/mol. The minimum Gasteiger partial charge on any atom is -0.365 e. The van der Waals surface area contributed by atoms with E-state index in [1.807, 2.05) is 30.3 Å². The van der Waals surface area contributed by atoms with Gasteiger partial charge in [-0.05, 0) is 17.7 Å². The van der Waals surface area contributed by atoms with Gasteiger partial charge >= 0.3 is 0 Å². The van der Waals surface area contributed by atoms with Crippen molar-refractivity contribution in [2.24, 2.45) is 7.05 Å². The highest BCUT2D eigenvalue weighted by Crippen LogP contribution is 2.32. The van der Waals surface area contributed by atoms with E-state index in [0.717, 1.165) is 5.56 Å². The molecule has 1 fully saturated rings. The molecule has 1 aliphatic heterocycles. The maximum absolute atomic E-state index is 13.5. The van der Waals surface area contributed by atoms with Crippen LogP contribution in [0.5, 0.6) is 0 Å². The Morgan fingerprint density at radius 1 is 1.11 bits per heavy atom. The van der Waals surface area contributed by atoms with Crippen LogP contribution in [0.2, 0.25) is 0 Å². The first kappa shape index (κ1) is 18.6. The van der Waals surface area contributed by atoms with E-state index in [1.165, 1.54) is 22.9 Å².